The molecule has 0 aliphatic carbocycles. The lowest BCUT2D eigenvalue weighted by atomic mass is 9.94. The number of hydrogen-bond donors (Lipinski definition) is 5. The minimum atomic E-state index is -4.48. The van der Waals surface area contributed by atoms with Crippen molar-refractivity contribution in [2.24, 2.45) is 11.5 Å². The molecule has 2 rings (SSSR count). The van der Waals surface area contributed by atoms with Gasteiger partial charge in [0.15, 0.2) is 11.9 Å². The lowest BCUT2D eigenvalue weighted by molar-refractivity contribution is -0.214. The monoisotopic (exact) mass is 874 g/mol. The van der Waals surface area contributed by atoms with Gasteiger partial charge >= 0.3 is 30.2 Å². The topological polar surface area (TPSA) is 272 Å². The van der Waals surface area contributed by atoms with Crippen LogP contribution in [0.15, 0.2) is 12.2 Å². The zero-order valence-electron chi connectivity index (χ0n) is 34.3. The van der Waals surface area contributed by atoms with Crippen LogP contribution in [0.4, 0.5) is 0 Å². The van der Waals surface area contributed by atoms with E-state index in [1.54, 1.807) is 6.08 Å². The number of allylic oxidation sites excluding steroid dienone is 1. The molecule has 7 atom stereocenters. The van der Waals surface area contributed by atoms with Gasteiger partial charge in [-0.25, -0.2) is 13.5 Å². The summed E-state index contributed by atoms with van der Waals surface area (Å²) in [5.41, 5.74) is 10.9. The number of unbranched alkanes of at least 4 members (excludes halogenated alkanes) is 14. The first-order chi connectivity index (χ1) is 27.6. The summed E-state index contributed by atoms with van der Waals surface area (Å²) in [7, 11) is -8.89. The van der Waals surface area contributed by atoms with E-state index in [2.05, 4.69) is 8.71 Å². The molecule has 0 amide bonds. The number of carbonyl (C=O) groups excluding carboxylic acids is 2. The van der Waals surface area contributed by atoms with Crippen LogP contribution in [-0.4, -0.2) is 117 Å². The van der Waals surface area contributed by atoms with Crippen molar-refractivity contribution in [3.63, 3.8) is 0 Å². The average molecular weight is 875 g/mol. The van der Waals surface area contributed by atoms with E-state index < -0.39 is 60.8 Å². The third-order valence-corrected chi connectivity index (χ3v) is 11.2. The number of esters is 2. The molecule has 2 aliphatic heterocycles. The molecule has 58 heavy (non-hydrogen) atoms. The summed E-state index contributed by atoms with van der Waals surface area (Å²) >= 11 is 0. The van der Waals surface area contributed by atoms with Crippen LogP contribution in [0.3, 0.4) is 0 Å². The van der Waals surface area contributed by atoms with Gasteiger partial charge in [-0.3, -0.25) is 18.4 Å². The van der Waals surface area contributed by atoms with Gasteiger partial charge < -0.3 is 45.2 Å². The summed E-state index contributed by atoms with van der Waals surface area (Å²) in [5.74, 6) is -1.92. The van der Waals surface area contributed by atoms with E-state index in [4.69, 9.17) is 44.2 Å². The third kappa shape index (κ3) is 25.3. The van der Waals surface area contributed by atoms with Crippen molar-refractivity contribution in [2.75, 3.05) is 46.2 Å². The van der Waals surface area contributed by atoms with Gasteiger partial charge in [-0.05, 0) is 38.5 Å². The molecule has 7 unspecified atom stereocenters. The third-order valence-electron chi connectivity index (χ3n) is 9.81. The summed E-state index contributed by atoms with van der Waals surface area (Å²) in [6.07, 6.45) is 20.9. The minimum absolute atomic E-state index is 0.0114. The predicted octanol–water partition coefficient (Wildman–Crippen LogP) is 4.93. The predicted molar refractivity (Wildman–Crippen MR) is 214 cm³/mol. The average Bonchev–Trinajstić information content (AvgIpc) is 3.47. The summed E-state index contributed by atoms with van der Waals surface area (Å²) in [6, 6.07) is -0.608. The number of carbonyl (C=O) groups is 2. The summed E-state index contributed by atoms with van der Waals surface area (Å²) < 4.78 is 83.7. The van der Waals surface area contributed by atoms with Gasteiger partial charge in [0.2, 0.25) is 0 Å². The quantitative estimate of drug-likeness (QED) is 0.0184. The molecular formula is C38H71N2O16PS. The van der Waals surface area contributed by atoms with Crippen LogP contribution in [0, 0.1) is 0 Å². The molecule has 18 nitrogen and oxygen atoms in total. The fraction of sp³-hybridized carbons (Fsp3) is 0.895. The van der Waals surface area contributed by atoms with Crippen molar-refractivity contribution in [2.45, 2.75) is 172 Å². The number of aliphatic hydroxyl groups excluding tert-OH is 1. The Bertz CT molecular complexity index is 1330. The zero-order valence-corrected chi connectivity index (χ0v) is 36.0. The van der Waals surface area contributed by atoms with Crippen LogP contribution in [-0.2, 0) is 61.5 Å². The van der Waals surface area contributed by atoms with E-state index in [-0.39, 0.29) is 45.2 Å². The van der Waals surface area contributed by atoms with Crippen molar-refractivity contribution < 1.29 is 74.0 Å². The number of hydrogen-bond acceptors (Lipinski definition) is 16. The molecule has 2 heterocycles. The second-order valence-corrected chi connectivity index (χ2v) is 17.6. The van der Waals surface area contributed by atoms with E-state index in [1.165, 1.54) is 57.9 Å². The Morgan fingerprint density at radius 2 is 1.52 bits per heavy atom. The molecule has 2 saturated heterocycles. The highest BCUT2D eigenvalue weighted by Gasteiger charge is 2.52. The number of phosphoric ester groups is 1. The van der Waals surface area contributed by atoms with E-state index in [9.17, 15) is 32.6 Å². The maximum absolute atomic E-state index is 12.3. The number of aliphatic hydroxyl groups is 1. The van der Waals surface area contributed by atoms with Gasteiger partial charge in [-0.15, -0.1) is 0 Å². The van der Waals surface area contributed by atoms with Crippen molar-refractivity contribution in [1.82, 2.24) is 0 Å². The highest BCUT2D eigenvalue weighted by Crippen LogP contribution is 2.45. The highest BCUT2D eigenvalue weighted by atomic mass is 32.3. The second-order valence-electron chi connectivity index (χ2n) is 15.1. The molecule has 0 radical (unpaired) electrons. The molecular weight excluding hydrogens is 803 g/mol. The Morgan fingerprint density at radius 1 is 0.879 bits per heavy atom. The Labute approximate surface area is 344 Å². The van der Waals surface area contributed by atoms with Crippen LogP contribution < -0.4 is 11.5 Å². The van der Waals surface area contributed by atoms with Gasteiger partial charge in [0.05, 0.1) is 44.7 Å². The summed E-state index contributed by atoms with van der Waals surface area (Å²) in [5, 5.41) is 10.6. The largest absolute Gasteiger partial charge is 0.472 e. The summed E-state index contributed by atoms with van der Waals surface area (Å²) in [6.45, 7) is 0.543. The van der Waals surface area contributed by atoms with Gasteiger partial charge in [0, 0.05) is 39.0 Å². The SMILES string of the molecule is CC(=O)OCC(COP(=O)(O)OCCN)OC(=O)C=CCCCCCC1OC2(CCCCCCCCCCCCCCOCC(N)COS(=O)(=O)O)CCC(O)C1O2. The molecule has 2 aliphatic rings. The van der Waals surface area contributed by atoms with E-state index in [1.807, 2.05) is 0 Å². The molecule has 0 aromatic heterocycles. The van der Waals surface area contributed by atoms with Gasteiger partial charge in [-0.2, -0.15) is 8.42 Å². The van der Waals surface area contributed by atoms with Crippen molar-refractivity contribution in [1.29, 1.82) is 0 Å². The minimum Gasteiger partial charge on any atom is -0.462 e. The molecule has 2 fully saturated rings. The molecule has 0 spiro atoms. The number of rotatable bonds is 36. The molecule has 0 aromatic carbocycles. The van der Waals surface area contributed by atoms with Crippen molar-refractivity contribution in [3.8, 4) is 0 Å². The fourth-order valence-corrected chi connectivity index (χ4v) is 7.95. The van der Waals surface area contributed by atoms with Gasteiger partial charge in [0.25, 0.3) is 0 Å². The highest BCUT2D eigenvalue weighted by molar-refractivity contribution is 7.80. The molecule has 20 heteroatoms. The Balaban J connectivity index is 1.51. The van der Waals surface area contributed by atoms with Gasteiger partial charge in [0.1, 0.15) is 12.7 Å². The van der Waals surface area contributed by atoms with Crippen molar-refractivity contribution in [3.05, 3.63) is 12.2 Å². The second kappa shape index (κ2) is 29.6. The Hall–Kier alpha value is -1.58. The zero-order chi connectivity index (χ0) is 42.7. The number of nitrogens with two attached hydrogens (primary N) is 2. The maximum atomic E-state index is 12.3. The number of fused-ring (bicyclic) bond motifs is 2. The number of phosphoric acid groups is 1. The van der Waals surface area contributed by atoms with E-state index in [0.29, 0.717) is 25.9 Å². The van der Waals surface area contributed by atoms with E-state index in [0.717, 1.165) is 64.2 Å². The number of ether oxygens (including phenoxy) is 5. The fourth-order valence-electron chi connectivity index (χ4n) is 6.84. The molecule has 7 N–H and O–H groups in total. The molecule has 2 bridgehead atoms. The molecule has 0 saturated carbocycles. The Kier molecular flexibility index (Phi) is 26.9. The normalized spacial score (nSPS) is 22.8. The Morgan fingerprint density at radius 3 is 2.16 bits per heavy atom. The molecule has 340 valence electrons. The summed E-state index contributed by atoms with van der Waals surface area (Å²) in [4.78, 5) is 33.2. The van der Waals surface area contributed by atoms with Gasteiger partial charge in [-0.1, -0.05) is 83.1 Å². The lowest BCUT2D eigenvalue weighted by Gasteiger charge is -2.33. The van der Waals surface area contributed by atoms with Crippen LogP contribution >= 0.6 is 7.82 Å². The van der Waals surface area contributed by atoms with E-state index >= 15 is 0 Å². The lowest BCUT2D eigenvalue weighted by Crippen LogP contribution is -2.41. The molecule has 0 aromatic rings. The van der Waals surface area contributed by atoms with Crippen LogP contribution in [0.25, 0.3) is 0 Å². The first-order valence-corrected chi connectivity index (χ1v) is 23.8. The first-order valence-electron chi connectivity index (χ1n) is 20.9. The smallest absolute Gasteiger partial charge is 0.462 e. The maximum Gasteiger partial charge on any atom is 0.472 e. The first kappa shape index (κ1) is 52.6. The van der Waals surface area contributed by atoms with Crippen LogP contribution in [0.1, 0.15) is 135 Å². The van der Waals surface area contributed by atoms with Crippen LogP contribution in [0.2, 0.25) is 0 Å². The van der Waals surface area contributed by atoms with Crippen molar-refractivity contribution >= 4 is 30.2 Å². The van der Waals surface area contributed by atoms with Crippen LogP contribution in [0.5, 0.6) is 0 Å². The standard InChI is InChI=1S/C38H71N2O16PS/c1-31(41)50-29-33(30-52-57(44,45)51-26-24-39)54-36(43)20-16-12-10-11-15-19-35-37-34(42)21-23-38(55-35,56-37)22-17-13-8-6-4-2-3-5-7-9-14-18-25-49-27-32(40)28-53-58(46,47)48/h16,20,32-35,37,42H,2-15,17-19,21-30,39-40H2,1H3,(H,44,45)(H,46,47,48).